The summed E-state index contributed by atoms with van der Waals surface area (Å²) in [6.45, 7) is 10.4. The predicted octanol–water partition coefficient (Wildman–Crippen LogP) is 1.31. The average molecular weight is 228 g/mol. The summed E-state index contributed by atoms with van der Waals surface area (Å²) in [5, 5.41) is 12.3. The number of carboxylic acid groups (broad SMARTS) is 1. The van der Waals surface area contributed by atoms with E-state index in [0.717, 1.165) is 19.5 Å². The fourth-order valence-electron chi connectivity index (χ4n) is 2.76. The summed E-state index contributed by atoms with van der Waals surface area (Å²) in [6, 6.07) is 0.523. The first-order chi connectivity index (χ1) is 7.32. The van der Waals surface area contributed by atoms with Gasteiger partial charge in [0, 0.05) is 24.2 Å². The summed E-state index contributed by atoms with van der Waals surface area (Å²) in [5.74, 6) is -0.713. The molecule has 0 bridgehead atoms. The first kappa shape index (κ1) is 13.5. The van der Waals surface area contributed by atoms with Crippen LogP contribution < -0.4 is 5.32 Å². The third kappa shape index (κ3) is 3.46. The maximum Gasteiger partial charge on any atom is 0.304 e. The zero-order chi connectivity index (χ0) is 12.3. The molecule has 0 spiro atoms. The van der Waals surface area contributed by atoms with Crippen molar-refractivity contribution in [1.82, 2.24) is 10.2 Å². The van der Waals surface area contributed by atoms with Crippen LogP contribution in [0.2, 0.25) is 0 Å². The van der Waals surface area contributed by atoms with E-state index in [0.29, 0.717) is 6.04 Å². The normalized spacial score (nSPS) is 28.8. The van der Waals surface area contributed by atoms with Gasteiger partial charge >= 0.3 is 5.97 Å². The lowest BCUT2D eigenvalue weighted by atomic mass is 9.97. The van der Waals surface area contributed by atoms with E-state index in [4.69, 9.17) is 5.11 Å². The second-order valence-electron chi connectivity index (χ2n) is 5.67. The number of nitrogens with zero attached hydrogens (tertiary/aromatic N) is 1. The number of carboxylic acids is 1. The molecule has 2 N–H and O–H groups in total. The van der Waals surface area contributed by atoms with Crippen molar-refractivity contribution < 1.29 is 9.90 Å². The molecule has 1 fully saturated rings. The van der Waals surface area contributed by atoms with Crippen LogP contribution in [0.3, 0.4) is 0 Å². The van der Waals surface area contributed by atoms with Crippen LogP contribution in [0.4, 0.5) is 0 Å². The summed E-state index contributed by atoms with van der Waals surface area (Å²) in [6.07, 6.45) is 1.29. The molecular weight excluding hydrogens is 204 g/mol. The van der Waals surface area contributed by atoms with E-state index in [9.17, 15) is 4.79 Å². The van der Waals surface area contributed by atoms with Crippen LogP contribution in [0.5, 0.6) is 0 Å². The van der Waals surface area contributed by atoms with Crippen molar-refractivity contribution in [2.24, 2.45) is 0 Å². The Morgan fingerprint density at radius 3 is 2.62 bits per heavy atom. The van der Waals surface area contributed by atoms with Crippen molar-refractivity contribution in [3.63, 3.8) is 0 Å². The van der Waals surface area contributed by atoms with E-state index in [1.165, 1.54) is 0 Å². The Bertz CT molecular complexity index is 248. The minimum Gasteiger partial charge on any atom is -0.481 e. The molecule has 0 amide bonds. The molecule has 0 aromatic rings. The molecule has 1 aliphatic heterocycles. The van der Waals surface area contributed by atoms with Crippen molar-refractivity contribution in [3.8, 4) is 0 Å². The molecule has 0 aliphatic carbocycles. The van der Waals surface area contributed by atoms with Gasteiger partial charge in [0.1, 0.15) is 0 Å². The van der Waals surface area contributed by atoms with Gasteiger partial charge in [-0.2, -0.15) is 0 Å². The van der Waals surface area contributed by atoms with Crippen LogP contribution in [-0.2, 0) is 4.79 Å². The average Bonchev–Trinajstić information content (AvgIpc) is 2.24. The molecule has 1 rings (SSSR count). The maximum absolute atomic E-state index is 10.9. The Morgan fingerprint density at radius 1 is 1.50 bits per heavy atom. The number of aliphatic carboxylic acids is 1. The van der Waals surface area contributed by atoms with Crippen molar-refractivity contribution in [2.45, 2.75) is 58.2 Å². The fraction of sp³-hybridized carbons (Fsp3) is 0.917. The molecule has 94 valence electrons. The Hall–Kier alpha value is -0.610. The van der Waals surface area contributed by atoms with E-state index in [2.05, 4.69) is 37.9 Å². The van der Waals surface area contributed by atoms with Gasteiger partial charge in [-0.1, -0.05) is 0 Å². The van der Waals surface area contributed by atoms with Crippen molar-refractivity contribution in [3.05, 3.63) is 0 Å². The quantitative estimate of drug-likeness (QED) is 0.748. The Kier molecular flexibility index (Phi) is 4.33. The Morgan fingerprint density at radius 2 is 2.12 bits per heavy atom. The third-order valence-electron chi connectivity index (χ3n) is 3.17. The monoisotopic (exact) mass is 228 g/mol. The van der Waals surface area contributed by atoms with Crippen LogP contribution in [0.15, 0.2) is 0 Å². The molecule has 0 radical (unpaired) electrons. The molecular formula is C12H24N2O2. The molecule has 0 aromatic heterocycles. The summed E-state index contributed by atoms with van der Waals surface area (Å²) in [4.78, 5) is 13.3. The lowest BCUT2D eigenvalue weighted by Gasteiger charge is -2.44. The van der Waals surface area contributed by atoms with Crippen LogP contribution in [0, 0.1) is 0 Å². The highest BCUT2D eigenvalue weighted by molar-refractivity contribution is 5.67. The summed E-state index contributed by atoms with van der Waals surface area (Å²) in [7, 11) is 0. The zero-order valence-corrected chi connectivity index (χ0v) is 10.8. The molecule has 4 heteroatoms. The van der Waals surface area contributed by atoms with Gasteiger partial charge in [0.05, 0.1) is 6.42 Å². The number of hydrogen-bond acceptors (Lipinski definition) is 3. The van der Waals surface area contributed by atoms with Crippen molar-refractivity contribution in [2.75, 3.05) is 13.1 Å². The second-order valence-corrected chi connectivity index (χ2v) is 5.67. The minimum absolute atomic E-state index is 0.0194. The molecule has 1 aliphatic rings. The van der Waals surface area contributed by atoms with Gasteiger partial charge in [-0.3, -0.25) is 9.69 Å². The Balaban J connectivity index is 2.85. The van der Waals surface area contributed by atoms with Gasteiger partial charge in [-0.05, 0) is 40.7 Å². The van der Waals surface area contributed by atoms with E-state index < -0.39 is 5.97 Å². The van der Waals surface area contributed by atoms with E-state index in [1.54, 1.807) is 0 Å². The van der Waals surface area contributed by atoms with Gasteiger partial charge in [-0.25, -0.2) is 0 Å². The maximum atomic E-state index is 10.9. The number of rotatable bonds is 2. The highest BCUT2D eigenvalue weighted by Crippen LogP contribution is 2.25. The molecule has 2 unspecified atom stereocenters. The predicted molar refractivity (Wildman–Crippen MR) is 64.6 cm³/mol. The fourth-order valence-corrected chi connectivity index (χ4v) is 2.76. The van der Waals surface area contributed by atoms with E-state index in [-0.39, 0.29) is 18.0 Å². The van der Waals surface area contributed by atoms with Gasteiger partial charge in [0.2, 0.25) is 0 Å². The number of nitrogens with one attached hydrogen (secondary N) is 1. The zero-order valence-electron chi connectivity index (χ0n) is 10.8. The van der Waals surface area contributed by atoms with Crippen LogP contribution in [-0.4, -0.2) is 46.7 Å². The lowest BCUT2D eigenvalue weighted by Crippen LogP contribution is -2.54. The number of carbonyl (C=O) groups is 1. The third-order valence-corrected chi connectivity index (χ3v) is 3.17. The minimum atomic E-state index is -0.713. The number of hydrogen-bond donors (Lipinski definition) is 2. The highest BCUT2D eigenvalue weighted by atomic mass is 16.4. The second kappa shape index (κ2) is 5.15. The smallest absolute Gasteiger partial charge is 0.304 e. The molecule has 0 aromatic carbocycles. The van der Waals surface area contributed by atoms with E-state index in [1.807, 2.05) is 0 Å². The van der Waals surface area contributed by atoms with Crippen molar-refractivity contribution >= 4 is 5.97 Å². The highest BCUT2D eigenvalue weighted by Gasteiger charge is 2.35. The summed E-state index contributed by atoms with van der Waals surface area (Å²) >= 11 is 0. The van der Waals surface area contributed by atoms with E-state index >= 15 is 0 Å². The molecule has 16 heavy (non-hydrogen) atoms. The first-order valence-electron chi connectivity index (χ1n) is 6.03. The van der Waals surface area contributed by atoms with Gasteiger partial charge in [0.25, 0.3) is 0 Å². The molecule has 0 saturated carbocycles. The topological polar surface area (TPSA) is 52.6 Å². The van der Waals surface area contributed by atoms with Gasteiger partial charge in [-0.15, -0.1) is 0 Å². The molecule has 2 atom stereocenters. The van der Waals surface area contributed by atoms with Gasteiger partial charge < -0.3 is 10.4 Å². The van der Waals surface area contributed by atoms with Crippen LogP contribution in [0.1, 0.15) is 40.5 Å². The Labute approximate surface area is 98.0 Å². The first-order valence-corrected chi connectivity index (χ1v) is 6.03. The molecule has 4 nitrogen and oxygen atoms in total. The largest absolute Gasteiger partial charge is 0.481 e. The van der Waals surface area contributed by atoms with Crippen LogP contribution >= 0.6 is 0 Å². The van der Waals surface area contributed by atoms with Crippen molar-refractivity contribution in [1.29, 1.82) is 0 Å². The lowest BCUT2D eigenvalue weighted by molar-refractivity contribution is -0.139. The standard InChI is InChI=1S/C12H24N2O2/c1-9-5-6-13-8-10(7-11(15)16)14(9)12(2,3)4/h9-10,13H,5-8H2,1-4H3,(H,15,16). The molecule has 1 heterocycles. The summed E-state index contributed by atoms with van der Waals surface area (Å²) < 4.78 is 0. The summed E-state index contributed by atoms with van der Waals surface area (Å²) in [5.41, 5.74) is 0.0194. The molecule has 1 saturated heterocycles. The SMILES string of the molecule is CC1CCNCC(CC(=O)O)N1C(C)(C)C. The van der Waals surface area contributed by atoms with Gasteiger partial charge in [0.15, 0.2) is 0 Å². The van der Waals surface area contributed by atoms with Crippen LogP contribution in [0.25, 0.3) is 0 Å².